The topological polar surface area (TPSA) is 111 Å². The van der Waals surface area contributed by atoms with E-state index < -0.39 is 21.7 Å². The second-order valence-electron chi connectivity index (χ2n) is 7.72. The molecule has 0 saturated heterocycles. The molecule has 4 rings (SSSR count). The van der Waals surface area contributed by atoms with E-state index >= 15 is 0 Å². The highest BCUT2D eigenvalue weighted by Crippen LogP contribution is 2.18. The van der Waals surface area contributed by atoms with Gasteiger partial charge in [0.15, 0.2) is 0 Å². The number of primary sulfonamides is 1. The quantitative estimate of drug-likeness (QED) is 0.438. The monoisotopic (exact) mass is 479 g/mol. The highest BCUT2D eigenvalue weighted by atomic mass is 32.2. The summed E-state index contributed by atoms with van der Waals surface area (Å²) in [5.41, 5.74) is 1.85. The van der Waals surface area contributed by atoms with Crippen molar-refractivity contribution in [2.45, 2.75) is 17.9 Å². The molecule has 34 heavy (non-hydrogen) atoms. The minimum Gasteiger partial charge on any atom is -0.334 e. The summed E-state index contributed by atoms with van der Waals surface area (Å²) in [5.74, 6) is -0.449. The number of nitrogens with two attached hydrogens (primary N) is 1. The average molecular weight is 480 g/mol. The van der Waals surface area contributed by atoms with Gasteiger partial charge in [-0.25, -0.2) is 27.6 Å². The van der Waals surface area contributed by atoms with Crippen LogP contribution < -0.4 is 5.14 Å². The van der Waals surface area contributed by atoms with E-state index in [9.17, 15) is 17.6 Å². The summed E-state index contributed by atoms with van der Waals surface area (Å²) in [5, 5.41) is 9.58. The predicted octanol–water partition coefficient (Wildman–Crippen LogP) is 2.92. The highest BCUT2D eigenvalue weighted by Gasteiger charge is 2.22. The van der Waals surface area contributed by atoms with Crippen LogP contribution in [0.4, 0.5) is 4.39 Å². The van der Waals surface area contributed by atoms with Gasteiger partial charge >= 0.3 is 0 Å². The molecule has 8 nitrogen and oxygen atoms in total. The first-order valence-corrected chi connectivity index (χ1v) is 11.9. The summed E-state index contributed by atoms with van der Waals surface area (Å²) < 4.78 is 38.7. The fourth-order valence-electron chi connectivity index (χ4n) is 3.44. The molecule has 4 aromatic rings. The second kappa shape index (κ2) is 9.54. The molecule has 0 radical (unpaired) electrons. The standard InChI is InChI=1S/C24H22FN5O3S/c1-29(16-18-9-5-6-10-21(18)25)24(31)23-27-22(15-17-7-3-2-4-8-17)30(28-23)19-11-13-20(14-12-19)34(26,32)33/h2-14H,15-16H2,1H3,(H2,26,32,33). The Labute approximate surface area is 196 Å². The summed E-state index contributed by atoms with van der Waals surface area (Å²) in [6, 6.07) is 21.6. The summed E-state index contributed by atoms with van der Waals surface area (Å²) >= 11 is 0. The Bertz CT molecular complexity index is 1420. The number of hydrogen-bond donors (Lipinski definition) is 1. The van der Waals surface area contributed by atoms with Crippen molar-refractivity contribution >= 4 is 15.9 Å². The summed E-state index contributed by atoms with van der Waals surface area (Å²) in [7, 11) is -2.30. The summed E-state index contributed by atoms with van der Waals surface area (Å²) in [4.78, 5) is 18.8. The predicted molar refractivity (Wildman–Crippen MR) is 124 cm³/mol. The Kier molecular flexibility index (Phi) is 6.53. The zero-order chi connectivity index (χ0) is 24.3. The Morgan fingerprint density at radius 3 is 2.29 bits per heavy atom. The van der Waals surface area contributed by atoms with Gasteiger partial charge in [0, 0.05) is 25.6 Å². The SMILES string of the molecule is CN(Cc1ccccc1F)C(=O)c1nc(Cc2ccccc2)n(-c2ccc(S(N)(=O)=O)cc2)n1. The number of halogens is 1. The molecule has 0 fully saturated rings. The zero-order valence-corrected chi connectivity index (χ0v) is 19.1. The first kappa shape index (κ1) is 23.3. The molecular formula is C24H22FN5O3S. The number of hydrogen-bond acceptors (Lipinski definition) is 5. The van der Waals surface area contributed by atoms with Gasteiger partial charge in [-0.05, 0) is 35.9 Å². The van der Waals surface area contributed by atoms with E-state index in [0.717, 1.165) is 5.56 Å². The van der Waals surface area contributed by atoms with Gasteiger partial charge in [-0.3, -0.25) is 4.79 Å². The lowest BCUT2D eigenvalue weighted by atomic mass is 10.1. The highest BCUT2D eigenvalue weighted by molar-refractivity contribution is 7.89. The van der Waals surface area contributed by atoms with E-state index in [-0.39, 0.29) is 17.3 Å². The first-order chi connectivity index (χ1) is 16.2. The van der Waals surface area contributed by atoms with Gasteiger partial charge in [0.2, 0.25) is 15.8 Å². The van der Waals surface area contributed by atoms with E-state index in [1.54, 1.807) is 37.4 Å². The molecule has 1 amide bonds. The molecule has 1 aromatic heterocycles. The number of carbonyl (C=O) groups is 1. The van der Waals surface area contributed by atoms with Gasteiger partial charge in [0.25, 0.3) is 5.91 Å². The largest absolute Gasteiger partial charge is 0.334 e. The van der Waals surface area contributed by atoms with Gasteiger partial charge in [-0.1, -0.05) is 48.5 Å². The Morgan fingerprint density at radius 1 is 1.00 bits per heavy atom. The molecule has 2 N–H and O–H groups in total. The van der Waals surface area contributed by atoms with Crippen LogP contribution in [-0.4, -0.2) is 41.0 Å². The van der Waals surface area contributed by atoms with Crippen LogP contribution in [0.2, 0.25) is 0 Å². The van der Waals surface area contributed by atoms with Crippen molar-refractivity contribution < 1.29 is 17.6 Å². The summed E-state index contributed by atoms with van der Waals surface area (Å²) in [6.45, 7) is 0.0527. The lowest BCUT2D eigenvalue weighted by Gasteiger charge is -2.15. The van der Waals surface area contributed by atoms with Gasteiger partial charge < -0.3 is 4.90 Å². The molecule has 0 aliphatic heterocycles. The molecule has 174 valence electrons. The van der Waals surface area contributed by atoms with Crippen molar-refractivity contribution in [2.75, 3.05) is 7.05 Å². The molecule has 0 unspecified atom stereocenters. The third kappa shape index (κ3) is 5.19. The van der Waals surface area contributed by atoms with Crippen LogP contribution in [0, 0.1) is 5.82 Å². The van der Waals surface area contributed by atoms with Crippen LogP contribution in [0.3, 0.4) is 0 Å². The van der Waals surface area contributed by atoms with Gasteiger partial charge in [0.1, 0.15) is 11.6 Å². The lowest BCUT2D eigenvalue weighted by Crippen LogP contribution is -2.27. The fraction of sp³-hybridized carbons (Fsp3) is 0.125. The molecule has 1 heterocycles. The van der Waals surface area contributed by atoms with E-state index in [1.807, 2.05) is 30.3 Å². The number of aromatic nitrogens is 3. The van der Waals surface area contributed by atoms with E-state index in [2.05, 4.69) is 10.1 Å². The van der Waals surface area contributed by atoms with Crippen LogP contribution in [-0.2, 0) is 23.0 Å². The number of rotatable bonds is 7. The molecule has 10 heteroatoms. The Hall–Kier alpha value is -3.89. The Balaban J connectivity index is 1.68. The van der Waals surface area contributed by atoms with Gasteiger partial charge in [0.05, 0.1) is 10.6 Å². The molecule has 0 aliphatic carbocycles. The molecule has 0 saturated carbocycles. The first-order valence-electron chi connectivity index (χ1n) is 10.3. The van der Waals surface area contributed by atoms with Crippen molar-refractivity contribution in [1.29, 1.82) is 0 Å². The number of sulfonamides is 1. The van der Waals surface area contributed by atoms with Crippen molar-refractivity contribution in [2.24, 2.45) is 5.14 Å². The molecule has 0 bridgehead atoms. The van der Waals surface area contributed by atoms with Gasteiger partial charge in [-0.2, -0.15) is 0 Å². The molecule has 0 atom stereocenters. The summed E-state index contributed by atoms with van der Waals surface area (Å²) in [6.07, 6.45) is 0.384. The lowest BCUT2D eigenvalue weighted by molar-refractivity contribution is 0.0771. The molecule has 0 spiro atoms. The molecule has 3 aromatic carbocycles. The number of nitrogens with zero attached hydrogens (tertiary/aromatic N) is 4. The van der Waals surface area contributed by atoms with Crippen molar-refractivity contribution in [3.8, 4) is 5.69 Å². The molecular weight excluding hydrogens is 457 g/mol. The smallest absolute Gasteiger partial charge is 0.293 e. The van der Waals surface area contributed by atoms with Gasteiger partial charge in [-0.15, -0.1) is 5.10 Å². The van der Waals surface area contributed by atoms with Crippen molar-refractivity contribution in [1.82, 2.24) is 19.7 Å². The van der Waals surface area contributed by atoms with E-state index in [1.165, 1.54) is 27.8 Å². The van der Waals surface area contributed by atoms with E-state index in [0.29, 0.717) is 23.5 Å². The van der Waals surface area contributed by atoms with Crippen LogP contribution in [0.1, 0.15) is 27.6 Å². The number of benzene rings is 3. The van der Waals surface area contributed by atoms with Crippen LogP contribution in [0.25, 0.3) is 5.69 Å². The van der Waals surface area contributed by atoms with E-state index in [4.69, 9.17) is 5.14 Å². The fourth-order valence-corrected chi connectivity index (χ4v) is 3.95. The second-order valence-corrected chi connectivity index (χ2v) is 9.28. The Morgan fingerprint density at radius 2 is 1.65 bits per heavy atom. The minimum atomic E-state index is -3.85. The molecule has 0 aliphatic rings. The van der Waals surface area contributed by atoms with Crippen molar-refractivity contribution in [3.63, 3.8) is 0 Å². The maximum atomic E-state index is 14.0. The third-order valence-electron chi connectivity index (χ3n) is 5.19. The zero-order valence-electron chi connectivity index (χ0n) is 18.3. The number of carbonyl (C=O) groups excluding carboxylic acids is 1. The normalized spacial score (nSPS) is 11.4. The average Bonchev–Trinajstić information content (AvgIpc) is 3.24. The van der Waals surface area contributed by atoms with Crippen LogP contribution in [0.15, 0.2) is 83.8 Å². The maximum absolute atomic E-state index is 14.0. The minimum absolute atomic E-state index is 0.0399. The number of amides is 1. The maximum Gasteiger partial charge on any atom is 0.293 e. The van der Waals surface area contributed by atoms with Crippen molar-refractivity contribution in [3.05, 3.63) is 107 Å². The van der Waals surface area contributed by atoms with Crippen LogP contribution >= 0.6 is 0 Å². The van der Waals surface area contributed by atoms with Crippen LogP contribution in [0.5, 0.6) is 0 Å². The third-order valence-corrected chi connectivity index (χ3v) is 6.12.